The molecule has 186 valence electrons. The van der Waals surface area contributed by atoms with Crippen LogP contribution in [0.5, 0.6) is 0 Å². The van der Waals surface area contributed by atoms with Gasteiger partial charge < -0.3 is 26.0 Å². The molecule has 0 aliphatic rings. The van der Waals surface area contributed by atoms with Crippen molar-refractivity contribution in [2.24, 2.45) is 5.73 Å². The highest BCUT2D eigenvalue weighted by molar-refractivity contribution is 5.92. The van der Waals surface area contributed by atoms with Crippen LogP contribution in [-0.4, -0.2) is 52.9 Å². The largest absolute Gasteiger partial charge is 0.444 e. The van der Waals surface area contributed by atoms with E-state index in [2.05, 4.69) is 16.6 Å². The maximum Gasteiger partial charge on any atom is 0.408 e. The number of alkyl carbamates (subject to hydrolysis) is 1. The Hall–Kier alpha value is -3.54. The van der Waals surface area contributed by atoms with E-state index in [0.717, 1.165) is 0 Å². The molecule has 2 unspecified atom stereocenters. The van der Waals surface area contributed by atoms with Crippen molar-refractivity contribution in [1.82, 2.24) is 15.5 Å². The Kier molecular flexibility index (Phi) is 10.6. The van der Waals surface area contributed by atoms with Crippen molar-refractivity contribution in [3.05, 3.63) is 35.4 Å². The topological polar surface area (TPSA) is 131 Å². The summed E-state index contributed by atoms with van der Waals surface area (Å²) < 4.78 is 5.27. The molecular weight excluding hydrogens is 436 g/mol. The molecular formula is C25H36N4O5. The SMILES string of the molecule is C#Cc1ccc(C(C(=O)NC(C)C)N(CC)C(=O)C(CCC(N)=O)NC(=O)OC(C)(C)C)cc1. The van der Waals surface area contributed by atoms with E-state index in [1.807, 2.05) is 13.8 Å². The lowest BCUT2D eigenvalue weighted by Gasteiger charge is -2.34. The smallest absolute Gasteiger partial charge is 0.408 e. The molecule has 0 saturated heterocycles. The van der Waals surface area contributed by atoms with E-state index >= 15 is 0 Å². The van der Waals surface area contributed by atoms with Gasteiger partial charge in [-0.1, -0.05) is 18.1 Å². The molecule has 1 rings (SSSR count). The Morgan fingerprint density at radius 1 is 1.12 bits per heavy atom. The maximum absolute atomic E-state index is 13.6. The van der Waals surface area contributed by atoms with Crippen LogP contribution in [0.25, 0.3) is 0 Å². The molecule has 0 bridgehead atoms. The molecule has 0 saturated carbocycles. The van der Waals surface area contributed by atoms with Crippen LogP contribution in [0.15, 0.2) is 24.3 Å². The Balaban J connectivity index is 3.37. The van der Waals surface area contributed by atoms with Gasteiger partial charge in [-0.2, -0.15) is 0 Å². The van der Waals surface area contributed by atoms with E-state index in [9.17, 15) is 19.2 Å². The van der Waals surface area contributed by atoms with Crippen molar-refractivity contribution in [3.63, 3.8) is 0 Å². The summed E-state index contributed by atoms with van der Waals surface area (Å²) in [5.41, 5.74) is 5.67. The van der Waals surface area contributed by atoms with E-state index in [4.69, 9.17) is 16.9 Å². The summed E-state index contributed by atoms with van der Waals surface area (Å²) in [5.74, 6) is 0.974. The van der Waals surface area contributed by atoms with E-state index in [1.54, 1.807) is 52.0 Å². The predicted molar refractivity (Wildman–Crippen MR) is 129 cm³/mol. The molecule has 1 aromatic carbocycles. The molecule has 4 amide bonds. The molecule has 34 heavy (non-hydrogen) atoms. The van der Waals surface area contributed by atoms with Gasteiger partial charge in [-0.05, 0) is 65.7 Å². The Morgan fingerprint density at radius 3 is 2.15 bits per heavy atom. The summed E-state index contributed by atoms with van der Waals surface area (Å²) in [5, 5.41) is 5.37. The zero-order valence-corrected chi connectivity index (χ0v) is 20.8. The number of nitrogens with zero attached hydrogens (tertiary/aromatic N) is 1. The third-order valence-corrected chi connectivity index (χ3v) is 4.68. The highest BCUT2D eigenvalue weighted by atomic mass is 16.6. The van der Waals surface area contributed by atoms with E-state index in [0.29, 0.717) is 11.1 Å². The summed E-state index contributed by atoms with van der Waals surface area (Å²) in [6, 6.07) is 4.48. The number of ether oxygens (including phenoxy) is 1. The van der Waals surface area contributed by atoms with Crippen molar-refractivity contribution in [1.29, 1.82) is 0 Å². The first-order valence-electron chi connectivity index (χ1n) is 11.2. The van der Waals surface area contributed by atoms with Gasteiger partial charge in [0.25, 0.3) is 0 Å². The van der Waals surface area contributed by atoms with Gasteiger partial charge in [0.1, 0.15) is 17.7 Å². The first-order chi connectivity index (χ1) is 15.8. The molecule has 2 atom stereocenters. The van der Waals surface area contributed by atoms with Gasteiger partial charge in [0.2, 0.25) is 17.7 Å². The van der Waals surface area contributed by atoms with Crippen LogP contribution in [-0.2, 0) is 19.1 Å². The molecule has 4 N–H and O–H groups in total. The number of rotatable bonds is 10. The number of carbonyl (C=O) groups excluding carboxylic acids is 4. The van der Waals surface area contributed by atoms with Gasteiger partial charge in [-0.15, -0.1) is 6.42 Å². The average Bonchev–Trinajstić information content (AvgIpc) is 2.72. The quantitative estimate of drug-likeness (QED) is 0.450. The lowest BCUT2D eigenvalue weighted by atomic mass is 10.00. The molecule has 0 aliphatic carbocycles. The van der Waals surface area contributed by atoms with Crippen LogP contribution in [0, 0.1) is 12.3 Å². The van der Waals surface area contributed by atoms with Gasteiger partial charge in [0.15, 0.2) is 0 Å². The molecule has 9 heteroatoms. The number of primary amides is 1. The lowest BCUT2D eigenvalue weighted by Crippen LogP contribution is -2.53. The molecule has 9 nitrogen and oxygen atoms in total. The van der Waals surface area contributed by atoms with Crippen LogP contribution in [0.2, 0.25) is 0 Å². The third kappa shape index (κ3) is 9.14. The van der Waals surface area contributed by atoms with Gasteiger partial charge in [0.05, 0.1) is 0 Å². The monoisotopic (exact) mass is 472 g/mol. The predicted octanol–water partition coefficient (Wildman–Crippen LogP) is 2.24. The number of nitrogens with one attached hydrogen (secondary N) is 2. The van der Waals surface area contributed by atoms with Crippen molar-refractivity contribution in [2.45, 2.75) is 78.1 Å². The molecule has 0 aromatic heterocycles. The second kappa shape index (κ2) is 12.6. The third-order valence-electron chi connectivity index (χ3n) is 4.68. The first-order valence-corrected chi connectivity index (χ1v) is 11.2. The Morgan fingerprint density at radius 2 is 1.71 bits per heavy atom. The fourth-order valence-corrected chi connectivity index (χ4v) is 3.26. The fraction of sp³-hybridized carbons (Fsp3) is 0.520. The van der Waals surface area contributed by atoms with Crippen molar-refractivity contribution >= 4 is 23.8 Å². The van der Waals surface area contributed by atoms with Crippen molar-refractivity contribution in [2.75, 3.05) is 6.54 Å². The number of terminal acetylenes is 1. The summed E-state index contributed by atoms with van der Waals surface area (Å²) in [6.45, 7) is 10.6. The fourth-order valence-electron chi connectivity index (χ4n) is 3.26. The number of hydrogen-bond acceptors (Lipinski definition) is 5. The minimum Gasteiger partial charge on any atom is -0.444 e. The number of carbonyl (C=O) groups is 4. The van der Waals surface area contributed by atoms with Crippen LogP contribution in [0.1, 0.15) is 71.6 Å². The maximum atomic E-state index is 13.6. The molecule has 0 radical (unpaired) electrons. The summed E-state index contributed by atoms with van der Waals surface area (Å²) >= 11 is 0. The number of nitrogens with two attached hydrogens (primary N) is 1. The molecule has 0 heterocycles. The number of amides is 4. The zero-order valence-electron chi connectivity index (χ0n) is 20.8. The van der Waals surface area contributed by atoms with Crippen LogP contribution < -0.4 is 16.4 Å². The summed E-state index contributed by atoms with van der Waals surface area (Å²) in [6.07, 6.45) is 4.45. The highest BCUT2D eigenvalue weighted by Crippen LogP contribution is 2.24. The molecule has 1 aromatic rings. The molecule has 0 fully saturated rings. The standard InChI is InChI=1S/C25H36N4O5/c1-8-17-10-12-18(13-11-17)21(22(31)27-16(3)4)29(9-2)23(32)19(14-15-20(26)30)28-24(33)34-25(5,6)7/h1,10-13,16,19,21H,9,14-15H2,2-7H3,(H2,26,30)(H,27,31)(H,28,33). The first kappa shape index (κ1) is 28.5. The molecule has 0 aliphatic heterocycles. The van der Waals surface area contributed by atoms with Gasteiger partial charge in [-0.25, -0.2) is 4.79 Å². The van der Waals surface area contributed by atoms with E-state index < -0.39 is 35.6 Å². The van der Waals surface area contributed by atoms with Crippen molar-refractivity contribution < 1.29 is 23.9 Å². The number of benzene rings is 1. The van der Waals surface area contributed by atoms with E-state index in [-0.39, 0.29) is 31.3 Å². The normalized spacial score (nSPS) is 12.8. The van der Waals surface area contributed by atoms with Crippen LogP contribution >= 0.6 is 0 Å². The second-order valence-corrected chi connectivity index (χ2v) is 9.16. The second-order valence-electron chi connectivity index (χ2n) is 9.16. The average molecular weight is 473 g/mol. The van der Waals surface area contributed by atoms with E-state index in [1.165, 1.54) is 4.90 Å². The Labute approximate surface area is 201 Å². The van der Waals surface area contributed by atoms with Gasteiger partial charge in [-0.3, -0.25) is 14.4 Å². The minimum absolute atomic E-state index is 0.0432. The molecule has 0 spiro atoms. The summed E-state index contributed by atoms with van der Waals surface area (Å²) in [4.78, 5) is 51.9. The summed E-state index contributed by atoms with van der Waals surface area (Å²) in [7, 11) is 0. The number of hydrogen-bond donors (Lipinski definition) is 3. The highest BCUT2D eigenvalue weighted by Gasteiger charge is 2.35. The van der Waals surface area contributed by atoms with Crippen molar-refractivity contribution in [3.8, 4) is 12.3 Å². The number of likely N-dealkylation sites (N-methyl/N-ethyl adjacent to an activating group) is 1. The van der Waals surface area contributed by atoms with Gasteiger partial charge in [0, 0.05) is 24.6 Å². The van der Waals surface area contributed by atoms with Crippen LogP contribution in [0.4, 0.5) is 4.79 Å². The lowest BCUT2D eigenvalue weighted by molar-refractivity contribution is -0.142. The van der Waals surface area contributed by atoms with Gasteiger partial charge >= 0.3 is 6.09 Å². The minimum atomic E-state index is -1.12. The van der Waals surface area contributed by atoms with Crippen LogP contribution in [0.3, 0.4) is 0 Å². The zero-order chi connectivity index (χ0) is 26.1. The Bertz CT molecular complexity index is 913.